The maximum Gasteiger partial charge on any atom is 0.264 e. The van der Waals surface area contributed by atoms with Crippen LogP contribution in [0.4, 0.5) is 0 Å². The van der Waals surface area contributed by atoms with Crippen LogP contribution in [0.2, 0.25) is 0 Å². The van der Waals surface area contributed by atoms with E-state index in [9.17, 15) is 4.79 Å². The van der Waals surface area contributed by atoms with Crippen molar-refractivity contribution in [2.24, 2.45) is 0 Å². The monoisotopic (exact) mass is 367 g/mol. The van der Waals surface area contributed by atoms with E-state index in [1.807, 2.05) is 30.0 Å². The molecule has 2 heterocycles. The molecule has 1 amide bonds. The summed E-state index contributed by atoms with van der Waals surface area (Å²) < 4.78 is 6.48. The highest BCUT2D eigenvalue weighted by Gasteiger charge is 2.29. The highest BCUT2D eigenvalue weighted by molar-refractivity contribution is 9.11. The Hall–Kier alpha value is -1.07. The molecule has 0 aromatic carbocycles. The van der Waals surface area contributed by atoms with Gasteiger partial charge in [0.25, 0.3) is 5.91 Å². The van der Waals surface area contributed by atoms with E-state index in [-0.39, 0.29) is 5.91 Å². The molecular formula is C16H18BrNO2S. The average molecular weight is 368 g/mol. The summed E-state index contributed by atoms with van der Waals surface area (Å²) in [5.41, 5.74) is 1.12. The van der Waals surface area contributed by atoms with Gasteiger partial charge >= 0.3 is 0 Å². The number of carbonyl (C=O) groups excluding carboxylic acids is 1. The number of hydrogen-bond donors (Lipinski definition) is 0. The van der Waals surface area contributed by atoms with Crippen LogP contribution in [0.1, 0.15) is 46.7 Å². The number of hydrogen-bond acceptors (Lipinski definition) is 3. The average Bonchev–Trinajstić information content (AvgIpc) is 3.19. The number of nitrogens with zero attached hydrogens (tertiary/aromatic N) is 1. The predicted octanol–water partition coefficient (Wildman–Crippen LogP) is 5.00. The first-order chi connectivity index (χ1) is 10.1. The number of aryl methyl sites for hydroxylation is 1. The van der Waals surface area contributed by atoms with Crippen molar-refractivity contribution in [1.82, 2.24) is 4.90 Å². The van der Waals surface area contributed by atoms with Gasteiger partial charge in [0.05, 0.1) is 21.5 Å². The van der Waals surface area contributed by atoms with E-state index in [1.165, 1.54) is 24.2 Å². The lowest BCUT2D eigenvalue weighted by Crippen LogP contribution is -2.37. The van der Waals surface area contributed by atoms with Gasteiger partial charge in [-0.05, 0) is 59.5 Å². The van der Waals surface area contributed by atoms with E-state index in [0.29, 0.717) is 12.6 Å². The Balaban J connectivity index is 1.84. The Kier molecular flexibility index (Phi) is 4.50. The Bertz CT molecular complexity index is 595. The molecule has 2 aromatic rings. The third-order valence-corrected chi connectivity index (χ3v) is 6.13. The van der Waals surface area contributed by atoms with Crippen LogP contribution in [0.15, 0.2) is 32.7 Å². The molecule has 0 bridgehead atoms. The topological polar surface area (TPSA) is 33.5 Å². The van der Waals surface area contributed by atoms with E-state index in [4.69, 9.17) is 4.42 Å². The molecule has 1 aliphatic rings. The molecule has 0 spiro atoms. The van der Waals surface area contributed by atoms with Crippen molar-refractivity contribution in [2.75, 3.05) is 0 Å². The van der Waals surface area contributed by atoms with Crippen molar-refractivity contribution < 1.29 is 9.21 Å². The lowest BCUT2D eigenvalue weighted by Gasteiger charge is -2.27. The lowest BCUT2D eigenvalue weighted by atomic mass is 10.2. The largest absolute Gasteiger partial charge is 0.467 e. The number of carbonyl (C=O) groups is 1. The minimum atomic E-state index is 0.122. The zero-order valence-electron chi connectivity index (χ0n) is 12.0. The minimum Gasteiger partial charge on any atom is -0.467 e. The van der Waals surface area contributed by atoms with E-state index in [1.54, 1.807) is 6.26 Å². The Labute approximate surface area is 137 Å². The van der Waals surface area contributed by atoms with Gasteiger partial charge in [-0.25, -0.2) is 0 Å². The van der Waals surface area contributed by atoms with E-state index < -0.39 is 0 Å². The smallest absolute Gasteiger partial charge is 0.264 e. The van der Waals surface area contributed by atoms with Gasteiger partial charge in [-0.15, -0.1) is 11.3 Å². The molecule has 0 atom stereocenters. The summed E-state index contributed by atoms with van der Waals surface area (Å²) in [4.78, 5) is 15.7. The second-order valence-corrected chi connectivity index (χ2v) is 7.89. The molecule has 2 aromatic heterocycles. The number of amides is 1. The fourth-order valence-electron chi connectivity index (χ4n) is 2.86. The summed E-state index contributed by atoms with van der Waals surface area (Å²) in [5, 5.41) is 0. The minimum absolute atomic E-state index is 0.122. The van der Waals surface area contributed by atoms with Crippen LogP contribution in [-0.2, 0) is 6.54 Å². The van der Waals surface area contributed by atoms with Crippen LogP contribution in [0.3, 0.4) is 0 Å². The molecule has 1 fully saturated rings. The van der Waals surface area contributed by atoms with Crippen molar-refractivity contribution >= 4 is 33.2 Å². The zero-order chi connectivity index (χ0) is 14.8. The SMILES string of the molecule is Cc1cc(C(=O)N(Cc2ccco2)C2CCCC2)sc1Br. The summed E-state index contributed by atoms with van der Waals surface area (Å²) in [6, 6.07) is 6.12. The molecule has 0 saturated heterocycles. The van der Waals surface area contributed by atoms with Crippen LogP contribution >= 0.6 is 27.3 Å². The Morgan fingerprint density at radius 2 is 2.24 bits per heavy atom. The van der Waals surface area contributed by atoms with Crippen LogP contribution in [0.5, 0.6) is 0 Å². The maximum atomic E-state index is 12.9. The highest BCUT2D eigenvalue weighted by atomic mass is 79.9. The van der Waals surface area contributed by atoms with Crippen LogP contribution in [0.25, 0.3) is 0 Å². The molecule has 0 radical (unpaired) electrons. The van der Waals surface area contributed by atoms with Gasteiger partial charge in [0, 0.05) is 6.04 Å². The Morgan fingerprint density at radius 3 is 2.81 bits per heavy atom. The van der Waals surface area contributed by atoms with Crippen molar-refractivity contribution in [3.63, 3.8) is 0 Å². The van der Waals surface area contributed by atoms with E-state index in [0.717, 1.165) is 32.8 Å². The molecule has 5 heteroatoms. The van der Waals surface area contributed by atoms with Gasteiger partial charge in [0.15, 0.2) is 0 Å². The van der Waals surface area contributed by atoms with Crippen LogP contribution in [0, 0.1) is 6.92 Å². The van der Waals surface area contributed by atoms with Crippen molar-refractivity contribution in [2.45, 2.75) is 45.2 Å². The van der Waals surface area contributed by atoms with Gasteiger partial charge in [-0.3, -0.25) is 4.79 Å². The second-order valence-electron chi connectivity index (χ2n) is 5.52. The first-order valence-corrected chi connectivity index (χ1v) is 8.85. The molecule has 21 heavy (non-hydrogen) atoms. The molecule has 112 valence electrons. The van der Waals surface area contributed by atoms with Gasteiger partial charge in [-0.1, -0.05) is 12.8 Å². The van der Waals surface area contributed by atoms with Crippen molar-refractivity contribution in [1.29, 1.82) is 0 Å². The third-order valence-electron chi connectivity index (χ3n) is 4.00. The van der Waals surface area contributed by atoms with Crippen LogP contribution in [-0.4, -0.2) is 16.8 Å². The number of rotatable bonds is 4. The number of thiophene rings is 1. The van der Waals surface area contributed by atoms with Gasteiger partial charge in [0.2, 0.25) is 0 Å². The predicted molar refractivity (Wildman–Crippen MR) is 87.6 cm³/mol. The molecule has 0 unspecified atom stereocenters. The summed E-state index contributed by atoms with van der Waals surface area (Å²) in [5.74, 6) is 0.972. The van der Waals surface area contributed by atoms with Crippen LogP contribution < -0.4 is 0 Å². The van der Waals surface area contributed by atoms with Crippen molar-refractivity contribution in [3.05, 3.63) is 44.4 Å². The molecule has 0 N–H and O–H groups in total. The molecule has 3 nitrogen and oxygen atoms in total. The summed E-state index contributed by atoms with van der Waals surface area (Å²) >= 11 is 5.02. The molecule has 0 aliphatic heterocycles. The molecule has 1 aliphatic carbocycles. The summed E-state index contributed by atoms with van der Waals surface area (Å²) in [6.07, 6.45) is 6.27. The molecule has 1 saturated carbocycles. The van der Waals surface area contributed by atoms with Gasteiger partial charge in [0.1, 0.15) is 5.76 Å². The second kappa shape index (κ2) is 6.36. The fourth-order valence-corrected chi connectivity index (χ4v) is 4.35. The summed E-state index contributed by atoms with van der Waals surface area (Å²) in [6.45, 7) is 2.58. The highest BCUT2D eigenvalue weighted by Crippen LogP contribution is 2.31. The standard InChI is InChI=1S/C16H18BrNO2S/c1-11-9-14(21-15(11)17)16(19)18(12-5-2-3-6-12)10-13-7-4-8-20-13/h4,7-9,12H,2-3,5-6,10H2,1H3. The zero-order valence-corrected chi connectivity index (χ0v) is 14.4. The first-order valence-electron chi connectivity index (χ1n) is 7.24. The third kappa shape index (κ3) is 3.24. The van der Waals surface area contributed by atoms with E-state index >= 15 is 0 Å². The normalized spacial score (nSPS) is 15.5. The summed E-state index contributed by atoms with van der Waals surface area (Å²) in [7, 11) is 0. The maximum absolute atomic E-state index is 12.9. The van der Waals surface area contributed by atoms with Gasteiger partial charge < -0.3 is 9.32 Å². The first kappa shape index (κ1) is 14.9. The van der Waals surface area contributed by atoms with E-state index in [2.05, 4.69) is 15.9 Å². The number of halogens is 1. The lowest BCUT2D eigenvalue weighted by molar-refractivity contribution is 0.0654. The van der Waals surface area contributed by atoms with Crippen molar-refractivity contribution in [3.8, 4) is 0 Å². The number of furan rings is 1. The fraction of sp³-hybridized carbons (Fsp3) is 0.438. The quantitative estimate of drug-likeness (QED) is 0.761. The molecule has 3 rings (SSSR count). The van der Waals surface area contributed by atoms with Gasteiger partial charge in [-0.2, -0.15) is 0 Å². The molecular weight excluding hydrogens is 350 g/mol. The Morgan fingerprint density at radius 1 is 1.48 bits per heavy atom.